The molecule has 21 heavy (non-hydrogen) atoms. The average Bonchev–Trinajstić information content (AvgIpc) is 2.40. The molecule has 1 unspecified atom stereocenters. The molecule has 6 nitrogen and oxygen atoms in total. The Balaban J connectivity index is 2.37. The summed E-state index contributed by atoms with van der Waals surface area (Å²) >= 11 is 5.96. The van der Waals surface area contributed by atoms with Crippen LogP contribution < -0.4 is 0 Å². The van der Waals surface area contributed by atoms with E-state index in [0.29, 0.717) is 10.6 Å². The van der Waals surface area contributed by atoms with Gasteiger partial charge in [-0.05, 0) is 24.6 Å². The third-order valence-corrected chi connectivity index (χ3v) is 5.51. The first-order valence-electron chi connectivity index (χ1n) is 6.22. The van der Waals surface area contributed by atoms with E-state index in [4.69, 9.17) is 11.6 Å². The van der Waals surface area contributed by atoms with Crippen molar-refractivity contribution in [2.24, 2.45) is 0 Å². The van der Waals surface area contributed by atoms with Crippen molar-refractivity contribution in [1.82, 2.24) is 4.90 Å². The van der Waals surface area contributed by atoms with Gasteiger partial charge in [0.25, 0.3) is 5.91 Å². The SMILES string of the molecule is Cc1c(Cl)cccc1C(=O)N1CCS(=O)(=O)CC1C(=O)O. The van der Waals surface area contributed by atoms with Gasteiger partial charge in [0.15, 0.2) is 9.84 Å². The van der Waals surface area contributed by atoms with Gasteiger partial charge in [-0.25, -0.2) is 13.2 Å². The Labute approximate surface area is 127 Å². The van der Waals surface area contributed by atoms with Gasteiger partial charge in [0.05, 0.1) is 11.5 Å². The Bertz CT molecular complexity index is 701. The number of hydrogen-bond donors (Lipinski definition) is 1. The molecule has 1 aliphatic heterocycles. The van der Waals surface area contributed by atoms with Crippen LogP contribution in [-0.2, 0) is 14.6 Å². The number of carboxylic acid groups (broad SMARTS) is 1. The number of amides is 1. The van der Waals surface area contributed by atoms with Gasteiger partial charge in [-0.2, -0.15) is 0 Å². The van der Waals surface area contributed by atoms with Crippen molar-refractivity contribution >= 4 is 33.3 Å². The quantitative estimate of drug-likeness (QED) is 0.872. The fourth-order valence-corrected chi connectivity index (χ4v) is 3.87. The number of nitrogens with zero attached hydrogens (tertiary/aromatic N) is 1. The van der Waals surface area contributed by atoms with Crippen molar-refractivity contribution in [2.75, 3.05) is 18.1 Å². The summed E-state index contributed by atoms with van der Waals surface area (Å²) in [6.07, 6.45) is 0. The van der Waals surface area contributed by atoms with Gasteiger partial charge in [0.1, 0.15) is 6.04 Å². The molecule has 114 valence electrons. The second-order valence-corrected chi connectivity index (χ2v) is 7.52. The third kappa shape index (κ3) is 3.19. The van der Waals surface area contributed by atoms with Crippen LogP contribution in [0.4, 0.5) is 0 Å². The lowest BCUT2D eigenvalue weighted by Gasteiger charge is -2.33. The Hall–Kier alpha value is -1.60. The average molecular weight is 332 g/mol. The maximum absolute atomic E-state index is 12.5. The molecule has 1 N–H and O–H groups in total. The van der Waals surface area contributed by atoms with Crippen LogP contribution in [0.5, 0.6) is 0 Å². The van der Waals surface area contributed by atoms with Crippen molar-refractivity contribution < 1.29 is 23.1 Å². The Morgan fingerprint density at radius 1 is 1.38 bits per heavy atom. The monoisotopic (exact) mass is 331 g/mol. The predicted molar refractivity (Wildman–Crippen MR) is 77.3 cm³/mol. The second-order valence-electron chi connectivity index (χ2n) is 4.88. The molecule has 2 rings (SSSR count). The van der Waals surface area contributed by atoms with E-state index < -0.39 is 33.5 Å². The van der Waals surface area contributed by atoms with E-state index in [2.05, 4.69) is 0 Å². The van der Waals surface area contributed by atoms with Crippen LogP contribution >= 0.6 is 11.6 Å². The minimum absolute atomic E-state index is 0.135. The van der Waals surface area contributed by atoms with Crippen LogP contribution in [0.25, 0.3) is 0 Å². The Morgan fingerprint density at radius 3 is 2.67 bits per heavy atom. The summed E-state index contributed by atoms with van der Waals surface area (Å²) in [4.78, 5) is 24.8. The van der Waals surface area contributed by atoms with Crippen LogP contribution in [0.1, 0.15) is 15.9 Å². The van der Waals surface area contributed by atoms with E-state index in [9.17, 15) is 23.1 Å². The van der Waals surface area contributed by atoms with Crippen molar-refractivity contribution in [3.05, 3.63) is 34.3 Å². The van der Waals surface area contributed by atoms with Crippen LogP contribution in [0, 0.1) is 6.92 Å². The topological polar surface area (TPSA) is 91.8 Å². The lowest BCUT2D eigenvalue weighted by molar-refractivity contribution is -0.141. The van der Waals surface area contributed by atoms with E-state index in [1.165, 1.54) is 0 Å². The molecule has 1 atom stereocenters. The minimum Gasteiger partial charge on any atom is -0.480 e. The highest BCUT2D eigenvalue weighted by atomic mass is 35.5. The molecule has 0 radical (unpaired) electrons. The predicted octanol–water partition coefficient (Wildman–Crippen LogP) is 0.972. The van der Waals surface area contributed by atoms with Gasteiger partial charge < -0.3 is 10.0 Å². The molecule has 0 saturated carbocycles. The van der Waals surface area contributed by atoms with Crippen LogP contribution in [0.2, 0.25) is 5.02 Å². The zero-order chi connectivity index (χ0) is 15.8. The van der Waals surface area contributed by atoms with Gasteiger partial charge in [-0.3, -0.25) is 4.79 Å². The number of sulfone groups is 1. The lowest BCUT2D eigenvalue weighted by Crippen LogP contribution is -2.54. The highest BCUT2D eigenvalue weighted by molar-refractivity contribution is 7.91. The molecular weight excluding hydrogens is 318 g/mol. The van der Waals surface area contributed by atoms with E-state index >= 15 is 0 Å². The van der Waals surface area contributed by atoms with Crippen molar-refractivity contribution in [2.45, 2.75) is 13.0 Å². The zero-order valence-electron chi connectivity index (χ0n) is 11.2. The largest absolute Gasteiger partial charge is 0.480 e. The third-order valence-electron chi connectivity index (χ3n) is 3.48. The smallest absolute Gasteiger partial charge is 0.327 e. The number of halogens is 1. The zero-order valence-corrected chi connectivity index (χ0v) is 12.8. The van der Waals surface area contributed by atoms with Gasteiger partial charge in [0, 0.05) is 17.1 Å². The molecule has 1 saturated heterocycles. The van der Waals surface area contributed by atoms with Gasteiger partial charge in [0.2, 0.25) is 0 Å². The van der Waals surface area contributed by atoms with E-state index in [-0.39, 0.29) is 17.9 Å². The summed E-state index contributed by atoms with van der Waals surface area (Å²) in [6, 6.07) is 3.41. The summed E-state index contributed by atoms with van der Waals surface area (Å²) in [7, 11) is -3.44. The van der Waals surface area contributed by atoms with E-state index in [0.717, 1.165) is 4.90 Å². The molecule has 1 amide bonds. The molecule has 0 aliphatic carbocycles. The van der Waals surface area contributed by atoms with Crippen molar-refractivity contribution in [1.29, 1.82) is 0 Å². The Morgan fingerprint density at radius 2 is 2.05 bits per heavy atom. The first kappa shape index (κ1) is 15.8. The highest BCUT2D eigenvalue weighted by Gasteiger charge is 2.39. The van der Waals surface area contributed by atoms with Crippen LogP contribution in [0.15, 0.2) is 18.2 Å². The lowest BCUT2D eigenvalue weighted by atomic mass is 10.1. The molecule has 1 fully saturated rings. The molecule has 1 aromatic carbocycles. The number of carbonyl (C=O) groups is 2. The summed E-state index contributed by atoms with van der Waals surface area (Å²) in [5, 5.41) is 9.58. The van der Waals surface area contributed by atoms with Crippen LogP contribution in [-0.4, -0.2) is 54.4 Å². The number of benzene rings is 1. The molecule has 0 bridgehead atoms. The van der Waals surface area contributed by atoms with E-state index in [1.807, 2.05) is 0 Å². The fourth-order valence-electron chi connectivity index (χ4n) is 2.25. The molecular formula is C13H14ClNO5S. The van der Waals surface area contributed by atoms with Gasteiger partial charge >= 0.3 is 5.97 Å². The molecule has 1 aliphatic rings. The number of hydrogen-bond acceptors (Lipinski definition) is 4. The standard InChI is InChI=1S/C13H14ClNO5S/c1-8-9(3-2-4-10(8)14)12(16)15-5-6-21(19,20)7-11(15)13(17)18/h2-4,11H,5-7H2,1H3,(H,17,18). The second kappa shape index (κ2) is 5.65. The summed E-state index contributed by atoms with van der Waals surface area (Å²) < 4.78 is 23.1. The summed E-state index contributed by atoms with van der Waals surface area (Å²) in [5.74, 6) is -2.64. The van der Waals surface area contributed by atoms with Crippen LogP contribution in [0.3, 0.4) is 0 Å². The first-order chi connectivity index (χ1) is 9.73. The summed E-state index contributed by atoms with van der Waals surface area (Å²) in [6.45, 7) is 1.52. The van der Waals surface area contributed by atoms with Gasteiger partial charge in [-0.1, -0.05) is 17.7 Å². The maximum atomic E-state index is 12.5. The molecule has 0 spiro atoms. The molecule has 1 aromatic rings. The molecule has 1 heterocycles. The first-order valence-corrected chi connectivity index (χ1v) is 8.42. The minimum atomic E-state index is -3.44. The number of carboxylic acids is 1. The highest BCUT2D eigenvalue weighted by Crippen LogP contribution is 2.22. The normalized spacial score (nSPS) is 21.0. The van der Waals surface area contributed by atoms with Gasteiger partial charge in [-0.15, -0.1) is 0 Å². The number of rotatable bonds is 2. The summed E-state index contributed by atoms with van der Waals surface area (Å²) in [5.41, 5.74) is 0.829. The van der Waals surface area contributed by atoms with Crippen molar-refractivity contribution in [3.63, 3.8) is 0 Å². The van der Waals surface area contributed by atoms with E-state index in [1.54, 1.807) is 25.1 Å². The number of aliphatic carboxylic acids is 1. The Kier molecular flexibility index (Phi) is 4.25. The molecule has 0 aromatic heterocycles. The molecule has 8 heteroatoms. The maximum Gasteiger partial charge on any atom is 0.327 e. The number of carbonyl (C=O) groups excluding carboxylic acids is 1. The van der Waals surface area contributed by atoms with Crippen molar-refractivity contribution in [3.8, 4) is 0 Å². The fraction of sp³-hybridized carbons (Fsp3) is 0.385.